The molecule has 2 aromatic rings. The van der Waals surface area contributed by atoms with E-state index in [1.807, 2.05) is 11.3 Å². The van der Waals surface area contributed by atoms with Gasteiger partial charge in [0.2, 0.25) is 0 Å². The maximum atomic E-state index is 2.55. The molecule has 0 spiro atoms. The van der Waals surface area contributed by atoms with Crippen LogP contribution in [-0.2, 0) is 6.42 Å². The number of nitrogens with zero attached hydrogens (tertiary/aromatic N) is 1. The topological polar surface area (TPSA) is 3.24 Å². The summed E-state index contributed by atoms with van der Waals surface area (Å²) in [4.78, 5) is 3.95. The van der Waals surface area contributed by atoms with Gasteiger partial charge in [-0.3, -0.25) is 0 Å². The molecule has 3 rings (SSSR count). The van der Waals surface area contributed by atoms with Gasteiger partial charge in [-0.05, 0) is 61.8 Å². The Labute approximate surface area is 126 Å². The molecule has 1 aliphatic heterocycles. The average Bonchev–Trinajstić information content (AvgIpc) is 3.01. The maximum Gasteiger partial charge on any atom is 0.0345 e. The van der Waals surface area contributed by atoms with Crippen LogP contribution in [0.15, 0.2) is 41.8 Å². The molecule has 1 fully saturated rings. The van der Waals surface area contributed by atoms with Crippen LogP contribution in [0.2, 0.25) is 0 Å². The highest BCUT2D eigenvalue weighted by molar-refractivity contribution is 7.13. The van der Waals surface area contributed by atoms with Gasteiger partial charge in [0.1, 0.15) is 0 Å². The lowest BCUT2D eigenvalue weighted by molar-refractivity contribution is 0.176. The predicted molar refractivity (Wildman–Crippen MR) is 88.3 cm³/mol. The van der Waals surface area contributed by atoms with Crippen molar-refractivity contribution < 1.29 is 0 Å². The molecule has 2 heteroatoms. The fourth-order valence-corrected chi connectivity index (χ4v) is 4.03. The molecule has 0 bridgehead atoms. The van der Waals surface area contributed by atoms with Gasteiger partial charge in [-0.1, -0.05) is 36.8 Å². The van der Waals surface area contributed by atoms with E-state index in [0.29, 0.717) is 0 Å². The van der Waals surface area contributed by atoms with Gasteiger partial charge in [-0.2, -0.15) is 0 Å². The Morgan fingerprint density at radius 2 is 2.05 bits per heavy atom. The first-order valence-corrected chi connectivity index (χ1v) is 8.54. The van der Waals surface area contributed by atoms with Crippen molar-refractivity contribution in [2.45, 2.75) is 38.1 Å². The molecule has 1 atom stereocenters. The van der Waals surface area contributed by atoms with E-state index in [1.54, 1.807) is 0 Å². The van der Waals surface area contributed by atoms with Crippen LogP contribution in [0.5, 0.6) is 0 Å². The van der Waals surface area contributed by atoms with Crippen LogP contribution in [0.25, 0.3) is 10.4 Å². The summed E-state index contributed by atoms with van der Waals surface area (Å²) >= 11 is 1.84. The van der Waals surface area contributed by atoms with E-state index in [1.165, 1.54) is 54.7 Å². The van der Waals surface area contributed by atoms with E-state index in [-0.39, 0.29) is 0 Å². The molecular weight excluding hydrogens is 262 g/mol. The Bertz CT molecular complexity index is 532. The number of likely N-dealkylation sites (tertiary alicyclic amines) is 1. The first-order chi connectivity index (χ1) is 9.84. The van der Waals surface area contributed by atoms with Crippen molar-refractivity contribution >= 4 is 11.3 Å². The number of rotatable bonds is 4. The van der Waals surface area contributed by atoms with Crippen molar-refractivity contribution in [1.29, 1.82) is 0 Å². The second-order valence-corrected chi connectivity index (χ2v) is 6.75. The van der Waals surface area contributed by atoms with Gasteiger partial charge in [0.15, 0.2) is 0 Å². The predicted octanol–water partition coefficient (Wildman–Crippen LogP) is 4.83. The van der Waals surface area contributed by atoms with Gasteiger partial charge in [0, 0.05) is 10.9 Å². The average molecular weight is 285 g/mol. The van der Waals surface area contributed by atoms with E-state index in [2.05, 4.69) is 53.7 Å². The van der Waals surface area contributed by atoms with E-state index < -0.39 is 0 Å². The van der Waals surface area contributed by atoms with Crippen LogP contribution in [0.1, 0.15) is 31.2 Å². The summed E-state index contributed by atoms with van der Waals surface area (Å²) in [5.41, 5.74) is 2.94. The Hall–Kier alpha value is -1.12. The number of piperidine rings is 1. The summed E-state index contributed by atoms with van der Waals surface area (Å²) in [6.07, 6.45) is 6.64. The molecule has 20 heavy (non-hydrogen) atoms. The number of hydrogen-bond donors (Lipinski definition) is 0. The summed E-state index contributed by atoms with van der Waals surface area (Å²) < 4.78 is 0. The first-order valence-electron chi connectivity index (χ1n) is 7.66. The zero-order valence-electron chi connectivity index (χ0n) is 12.2. The smallest absolute Gasteiger partial charge is 0.0345 e. The van der Waals surface area contributed by atoms with Crippen LogP contribution in [-0.4, -0.2) is 24.5 Å². The molecule has 1 nitrogen and oxygen atoms in total. The second kappa shape index (κ2) is 6.55. The molecule has 1 unspecified atom stereocenters. The van der Waals surface area contributed by atoms with Gasteiger partial charge in [0.05, 0.1) is 0 Å². The molecule has 106 valence electrons. The largest absolute Gasteiger partial charge is 0.303 e. The van der Waals surface area contributed by atoms with Gasteiger partial charge < -0.3 is 4.90 Å². The van der Waals surface area contributed by atoms with Gasteiger partial charge in [0.25, 0.3) is 0 Å². The molecule has 0 N–H and O–H groups in total. The molecule has 0 amide bonds. The molecule has 0 aliphatic carbocycles. The van der Waals surface area contributed by atoms with Gasteiger partial charge in [-0.15, -0.1) is 11.3 Å². The summed E-state index contributed by atoms with van der Waals surface area (Å²) in [5, 5.41) is 2.17. The molecule has 1 saturated heterocycles. The number of aryl methyl sites for hydroxylation is 1. The van der Waals surface area contributed by atoms with E-state index in [0.717, 1.165) is 6.04 Å². The Morgan fingerprint density at radius 3 is 2.85 bits per heavy atom. The van der Waals surface area contributed by atoms with Gasteiger partial charge >= 0.3 is 0 Å². The highest BCUT2D eigenvalue weighted by Crippen LogP contribution is 2.29. The number of thiophene rings is 1. The molecule has 2 heterocycles. The van der Waals surface area contributed by atoms with E-state index in [9.17, 15) is 0 Å². The Balaban J connectivity index is 1.71. The lowest BCUT2D eigenvalue weighted by atomic mass is 9.94. The third kappa shape index (κ3) is 3.13. The molecule has 1 aliphatic rings. The summed E-state index contributed by atoms with van der Waals surface area (Å²) in [7, 11) is 2.29. The lowest BCUT2D eigenvalue weighted by Gasteiger charge is -2.32. The zero-order valence-corrected chi connectivity index (χ0v) is 13.0. The fourth-order valence-electron chi connectivity index (χ4n) is 3.24. The van der Waals surface area contributed by atoms with Crippen LogP contribution in [0.4, 0.5) is 0 Å². The standard InChI is InChI=1S/C18H23NS/c1-19-13-5-4-8-16(19)12-11-15-7-2-3-9-17(15)18-10-6-14-20-18/h2-3,6-7,9-10,14,16H,4-5,8,11-13H2,1H3. The van der Waals surface area contributed by atoms with Crippen molar-refractivity contribution in [1.82, 2.24) is 4.90 Å². The van der Waals surface area contributed by atoms with Crippen molar-refractivity contribution in [2.24, 2.45) is 0 Å². The maximum absolute atomic E-state index is 2.55. The van der Waals surface area contributed by atoms with Crippen molar-refractivity contribution in [2.75, 3.05) is 13.6 Å². The Kier molecular flexibility index (Phi) is 4.54. The van der Waals surface area contributed by atoms with Crippen LogP contribution in [0.3, 0.4) is 0 Å². The molecular formula is C18H23NS. The fraction of sp³-hybridized carbons (Fsp3) is 0.444. The monoisotopic (exact) mass is 285 g/mol. The first kappa shape index (κ1) is 13.8. The second-order valence-electron chi connectivity index (χ2n) is 5.80. The van der Waals surface area contributed by atoms with Gasteiger partial charge in [-0.25, -0.2) is 0 Å². The quantitative estimate of drug-likeness (QED) is 0.777. The molecule has 1 aromatic heterocycles. The minimum atomic E-state index is 0.778. The van der Waals surface area contributed by atoms with Crippen LogP contribution in [0, 0.1) is 0 Å². The minimum absolute atomic E-state index is 0.778. The SMILES string of the molecule is CN1CCCCC1CCc1ccccc1-c1cccs1. The van der Waals surface area contributed by atoms with E-state index in [4.69, 9.17) is 0 Å². The third-order valence-corrected chi connectivity index (χ3v) is 5.38. The van der Waals surface area contributed by atoms with Crippen molar-refractivity contribution in [3.8, 4) is 10.4 Å². The highest BCUT2D eigenvalue weighted by Gasteiger charge is 2.19. The normalized spacial score (nSPS) is 20.1. The summed E-state index contributed by atoms with van der Waals surface area (Å²) in [6, 6.07) is 14.1. The Morgan fingerprint density at radius 1 is 1.15 bits per heavy atom. The third-order valence-electron chi connectivity index (χ3n) is 4.47. The number of hydrogen-bond acceptors (Lipinski definition) is 2. The molecule has 0 saturated carbocycles. The zero-order chi connectivity index (χ0) is 13.8. The van der Waals surface area contributed by atoms with E-state index >= 15 is 0 Å². The summed E-state index contributed by atoms with van der Waals surface area (Å²) in [6.45, 7) is 1.28. The lowest BCUT2D eigenvalue weighted by Crippen LogP contribution is -2.36. The minimum Gasteiger partial charge on any atom is -0.303 e. The molecule has 1 aromatic carbocycles. The van der Waals surface area contributed by atoms with Crippen LogP contribution >= 0.6 is 11.3 Å². The number of benzene rings is 1. The summed E-state index contributed by atoms with van der Waals surface area (Å²) in [5.74, 6) is 0. The molecule has 0 radical (unpaired) electrons. The van der Waals surface area contributed by atoms with Crippen molar-refractivity contribution in [3.63, 3.8) is 0 Å². The van der Waals surface area contributed by atoms with Crippen LogP contribution < -0.4 is 0 Å². The van der Waals surface area contributed by atoms with Crippen molar-refractivity contribution in [3.05, 3.63) is 47.3 Å². The highest BCUT2D eigenvalue weighted by atomic mass is 32.1.